The van der Waals surface area contributed by atoms with E-state index in [2.05, 4.69) is 0 Å². The molecule has 5 rings (SSSR count). The number of sulfone groups is 1. The van der Waals surface area contributed by atoms with Crippen molar-refractivity contribution in [2.24, 2.45) is 5.92 Å². The Morgan fingerprint density at radius 3 is 2.64 bits per heavy atom. The molecule has 3 aromatic rings. The number of aliphatic carboxylic acids is 1. The molecule has 206 valence electrons. The highest BCUT2D eigenvalue weighted by Crippen LogP contribution is 2.48. The van der Waals surface area contributed by atoms with Crippen molar-refractivity contribution >= 4 is 15.8 Å². The predicted octanol–water partition coefficient (Wildman–Crippen LogP) is 5.32. The second kappa shape index (κ2) is 10.9. The lowest BCUT2D eigenvalue weighted by molar-refractivity contribution is -0.138. The van der Waals surface area contributed by atoms with Gasteiger partial charge >= 0.3 is 5.97 Å². The molecule has 0 unspecified atom stereocenters. The predicted molar refractivity (Wildman–Crippen MR) is 145 cm³/mol. The van der Waals surface area contributed by atoms with E-state index < -0.39 is 27.5 Å². The number of benzene rings is 3. The normalized spacial score (nSPS) is 17.8. The van der Waals surface area contributed by atoms with Crippen molar-refractivity contribution in [3.05, 3.63) is 76.6 Å². The molecule has 0 amide bonds. The minimum atomic E-state index is -3.02. The molecule has 1 N–H and O–H groups in total. The van der Waals surface area contributed by atoms with E-state index in [1.54, 1.807) is 12.1 Å². The second-order valence-electron chi connectivity index (χ2n) is 10.3. The zero-order valence-electron chi connectivity index (χ0n) is 21.9. The van der Waals surface area contributed by atoms with Gasteiger partial charge in [0.2, 0.25) is 0 Å². The number of rotatable bonds is 10. The molecule has 1 heterocycles. The van der Waals surface area contributed by atoms with E-state index in [9.17, 15) is 17.6 Å². The van der Waals surface area contributed by atoms with Crippen molar-refractivity contribution in [2.75, 3.05) is 25.2 Å². The van der Waals surface area contributed by atoms with E-state index in [1.165, 1.54) is 12.3 Å². The van der Waals surface area contributed by atoms with E-state index in [-0.39, 0.29) is 18.3 Å². The Kier molecular flexibility index (Phi) is 7.53. The van der Waals surface area contributed by atoms with Gasteiger partial charge in [-0.25, -0.2) is 12.8 Å². The lowest BCUT2D eigenvalue weighted by Gasteiger charge is -2.16. The third kappa shape index (κ3) is 6.36. The maximum Gasteiger partial charge on any atom is 0.307 e. The van der Waals surface area contributed by atoms with Gasteiger partial charge in [-0.15, -0.1) is 0 Å². The van der Waals surface area contributed by atoms with E-state index in [0.29, 0.717) is 49.5 Å². The van der Waals surface area contributed by atoms with Crippen LogP contribution in [0.2, 0.25) is 0 Å². The molecule has 1 aliphatic carbocycles. The monoisotopic (exact) mass is 554 g/mol. The maximum absolute atomic E-state index is 14.6. The smallest absolute Gasteiger partial charge is 0.307 e. The number of hydrogen-bond acceptors (Lipinski definition) is 6. The number of fused-ring (bicyclic) bond motifs is 3. The van der Waals surface area contributed by atoms with Gasteiger partial charge in [0, 0.05) is 30.2 Å². The highest BCUT2D eigenvalue weighted by atomic mass is 32.2. The molecule has 1 fully saturated rings. The molecule has 3 aromatic carbocycles. The molecule has 7 nitrogen and oxygen atoms in total. The summed E-state index contributed by atoms with van der Waals surface area (Å²) >= 11 is 0. The molecule has 0 aromatic heterocycles. The number of aryl methyl sites for hydroxylation is 1. The van der Waals surface area contributed by atoms with Gasteiger partial charge in [-0.3, -0.25) is 4.79 Å². The first kappa shape index (κ1) is 27.0. The van der Waals surface area contributed by atoms with Gasteiger partial charge in [0.15, 0.2) is 0 Å². The lowest BCUT2D eigenvalue weighted by atomic mass is 9.92. The van der Waals surface area contributed by atoms with Crippen LogP contribution in [0.4, 0.5) is 4.39 Å². The van der Waals surface area contributed by atoms with Crippen molar-refractivity contribution < 1.29 is 36.9 Å². The van der Waals surface area contributed by atoms with Crippen LogP contribution in [0.5, 0.6) is 17.2 Å². The average Bonchev–Trinajstić information content (AvgIpc) is 3.68. The van der Waals surface area contributed by atoms with Crippen LogP contribution in [-0.4, -0.2) is 44.7 Å². The summed E-state index contributed by atoms with van der Waals surface area (Å²) in [5.41, 5.74) is 5.43. The van der Waals surface area contributed by atoms with Crippen LogP contribution < -0.4 is 14.2 Å². The van der Waals surface area contributed by atoms with Crippen molar-refractivity contribution in [3.63, 3.8) is 0 Å². The van der Waals surface area contributed by atoms with Gasteiger partial charge in [-0.2, -0.15) is 0 Å². The van der Waals surface area contributed by atoms with E-state index in [1.807, 2.05) is 37.3 Å². The minimum absolute atomic E-state index is 0.0888. The van der Waals surface area contributed by atoms with Crippen molar-refractivity contribution in [1.82, 2.24) is 0 Å². The molecule has 1 aliphatic heterocycles. The molecule has 9 heteroatoms. The number of carbonyl (C=O) groups is 1. The number of hydrogen-bond donors (Lipinski definition) is 1. The van der Waals surface area contributed by atoms with Crippen LogP contribution in [0.15, 0.2) is 48.5 Å². The Morgan fingerprint density at radius 1 is 1.10 bits per heavy atom. The maximum atomic E-state index is 14.6. The quantitative estimate of drug-likeness (QED) is 0.339. The number of ether oxygens (including phenoxy) is 3. The van der Waals surface area contributed by atoms with Gasteiger partial charge in [-0.05, 0) is 77.9 Å². The minimum Gasteiger partial charge on any atom is -0.494 e. The first-order valence-corrected chi connectivity index (χ1v) is 15.0. The van der Waals surface area contributed by atoms with Crippen molar-refractivity contribution in [2.45, 2.75) is 38.7 Å². The van der Waals surface area contributed by atoms with Crippen LogP contribution in [0.3, 0.4) is 0 Å². The van der Waals surface area contributed by atoms with E-state index in [4.69, 9.17) is 19.3 Å². The van der Waals surface area contributed by atoms with Crippen LogP contribution in [-0.2, 0) is 27.7 Å². The van der Waals surface area contributed by atoms with Gasteiger partial charge in [0.05, 0.1) is 24.9 Å². The summed E-state index contributed by atoms with van der Waals surface area (Å²) in [5.74, 6) is -0.184. The van der Waals surface area contributed by atoms with Crippen LogP contribution in [0, 0.1) is 18.7 Å². The highest BCUT2D eigenvalue weighted by Gasteiger charge is 2.45. The Morgan fingerprint density at radius 2 is 1.92 bits per heavy atom. The summed E-state index contributed by atoms with van der Waals surface area (Å²) in [6.07, 6.45) is 2.81. The number of halogens is 1. The molecular weight excluding hydrogens is 523 g/mol. The Labute approximate surface area is 227 Å². The van der Waals surface area contributed by atoms with Crippen LogP contribution >= 0.6 is 0 Å². The molecular formula is C30H31FO7S. The summed E-state index contributed by atoms with van der Waals surface area (Å²) < 4.78 is 55.1. The molecule has 39 heavy (non-hydrogen) atoms. The first-order valence-electron chi connectivity index (χ1n) is 12.9. The zero-order chi connectivity index (χ0) is 27.7. The third-order valence-electron chi connectivity index (χ3n) is 7.15. The zero-order valence-corrected chi connectivity index (χ0v) is 22.7. The Hall–Kier alpha value is -3.59. The largest absolute Gasteiger partial charge is 0.494 e. The summed E-state index contributed by atoms with van der Waals surface area (Å²) in [6, 6.07) is 14.4. The van der Waals surface area contributed by atoms with Crippen LogP contribution in [0.1, 0.15) is 41.0 Å². The summed E-state index contributed by atoms with van der Waals surface area (Å²) in [5, 5.41) is 9.12. The molecule has 2 atom stereocenters. The van der Waals surface area contributed by atoms with Crippen molar-refractivity contribution in [1.29, 1.82) is 0 Å². The topological polar surface area (TPSA) is 99.1 Å². The number of carboxylic acid groups (broad SMARTS) is 1. The second-order valence-corrected chi connectivity index (χ2v) is 12.6. The fourth-order valence-electron chi connectivity index (χ4n) is 5.14. The number of carboxylic acids is 1. The van der Waals surface area contributed by atoms with Crippen LogP contribution in [0.25, 0.3) is 11.1 Å². The third-order valence-corrected chi connectivity index (χ3v) is 8.18. The van der Waals surface area contributed by atoms with E-state index >= 15 is 0 Å². The SMILES string of the molecule is Cc1cc(OCCCS(C)(=O)=O)cc2c1-c1cc(COc3ccc([C@H]4C[C@@H]4C(=O)O)c(F)c3)ccc1OCC2. The highest BCUT2D eigenvalue weighted by molar-refractivity contribution is 7.90. The summed E-state index contributed by atoms with van der Waals surface area (Å²) in [6.45, 7) is 3.08. The molecule has 0 spiro atoms. The fraction of sp³-hybridized carbons (Fsp3) is 0.367. The Bertz CT molecular complexity index is 1520. The standard InChI is InChI=1S/C30H31FO7S/c1-18-12-22(36-9-3-11-39(2,34)35)14-20-8-10-37-28-7-4-19(13-26(28)29(18)20)17-38-21-5-6-23(27(31)15-21)24-16-25(24)30(32)33/h4-7,12-15,24-25H,3,8-11,16-17H2,1-2H3,(H,32,33)/t24-,25+/m1/s1. The van der Waals surface area contributed by atoms with Crippen molar-refractivity contribution in [3.8, 4) is 28.4 Å². The van der Waals surface area contributed by atoms with Gasteiger partial charge in [0.25, 0.3) is 0 Å². The lowest BCUT2D eigenvalue weighted by Crippen LogP contribution is -2.08. The van der Waals surface area contributed by atoms with Gasteiger partial charge < -0.3 is 19.3 Å². The summed E-state index contributed by atoms with van der Waals surface area (Å²) in [4.78, 5) is 11.1. The molecule has 0 radical (unpaired) electrons. The first-order chi connectivity index (χ1) is 18.6. The molecule has 0 saturated heterocycles. The Balaban J connectivity index is 1.30. The fourth-order valence-corrected chi connectivity index (χ4v) is 5.78. The van der Waals surface area contributed by atoms with Gasteiger partial charge in [-0.1, -0.05) is 12.1 Å². The average molecular weight is 555 g/mol. The molecule has 0 bridgehead atoms. The van der Waals surface area contributed by atoms with Gasteiger partial charge in [0.1, 0.15) is 39.5 Å². The molecule has 2 aliphatic rings. The molecule has 1 saturated carbocycles. The summed E-state index contributed by atoms with van der Waals surface area (Å²) in [7, 11) is -3.02. The van der Waals surface area contributed by atoms with E-state index in [0.717, 1.165) is 33.6 Å².